The number of hydrogen-bond donors (Lipinski definition) is 1. The molecule has 0 aliphatic carbocycles. The van der Waals surface area contributed by atoms with Gasteiger partial charge in [-0.25, -0.2) is 4.98 Å². The second-order valence-electron chi connectivity index (χ2n) is 7.73. The number of halogens is 1. The summed E-state index contributed by atoms with van der Waals surface area (Å²) in [4.78, 5) is 17.3. The van der Waals surface area contributed by atoms with Gasteiger partial charge < -0.3 is 5.32 Å². The van der Waals surface area contributed by atoms with Crippen LogP contribution in [0.3, 0.4) is 0 Å². The highest BCUT2D eigenvalue weighted by atomic mass is 79.9. The summed E-state index contributed by atoms with van der Waals surface area (Å²) in [7, 11) is 0. The minimum Gasteiger partial charge on any atom is -0.301 e. The van der Waals surface area contributed by atoms with Gasteiger partial charge in [-0.15, -0.1) is 21.5 Å². The van der Waals surface area contributed by atoms with E-state index in [0.29, 0.717) is 10.3 Å². The summed E-state index contributed by atoms with van der Waals surface area (Å²) in [5, 5.41) is 14.9. The Kier molecular flexibility index (Phi) is 7.08. The third-order valence-electron chi connectivity index (χ3n) is 5.16. The van der Waals surface area contributed by atoms with Crippen LogP contribution < -0.4 is 5.32 Å². The molecule has 6 nitrogen and oxygen atoms in total. The molecule has 5 rings (SSSR count). The molecule has 0 fully saturated rings. The van der Waals surface area contributed by atoms with Crippen molar-refractivity contribution in [2.75, 3.05) is 11.1 Å². The van der Waals surface area contributed by atoms with E-state index in [2.05, 4.69) is 55.5 Å². The normalized spacial score (nSPS) is 10.9. The Morgan fingerprint density at radius 2 is 1.77 bits per heavy atom. The lowest BCUT2D eigenvalue weighted by molar-refractivity contribution is -0.113. The van der Waals surface area contributed by atoms with Gasteiger partial charge in [0.05, 0.1) is 11.4 Å². The number of amides is 1. The summed E-state index contributed by atoms with van der Waals surface area (Å²) < 4.78 is 2.97. The van der Waals surface area contributed by atoms with E-state index in [9.17, 15) is 4.79 Å². The molecule has 1 amide bonds. The van der Waals surface area contributed by atoms with Gasteiger partial charge in [-0.05, 0) is 31.2 Å². The van der Waals surface area contributed by atoms with Crippen LogP contribution in [0.5, 0.6) is 0 Å². The molecule has 0 radical (unpaired) electrons. The summed E-state index contributed by atoms with van der Waals surface area (Å²) in [6.45, 7) is 2.05. The molecule has 0 aliphatic rings. The van der Waals surface area contributed by atoms with Crippen molar-refractivity contribution in [2.24, 2.45) is 0 Å². The molecule has 35 heavy (non-hydrogen) atoms. The Balaban J connectivity index is 1.33. The highest BCUT2D eigenvalue weighted by molar-refractivity contribution is 9.10. The number of carbonyl (C=O) groups is 1. The second kappa shape index (κ2) is 10.6. The van der Waals surface area contributed by atoms with E-state index in [0.717, 1.165) is 32.8 Å². The number of anilines is 1. The first-order valence-electron chi connectivity index (χ1n) is 10.8. The van der Waals surface area contributed by atoms with E-state index in [4.69, 9.17) is 0 Å². The Hall–Kier alpha value is -3.27. The predicted octanol–water partition coefficient (Wildman–Crippen LogP) is 6.86. The highest BCUT2D eigenvalue weighted by Gasteiger charge is 2.18. The van der Waals surface area contributed by atoms with Crippen molar-refractivity contribution >= 4 is 50.1 Å². The standard InChI is InChI=1S/C26H20BrN5OS2/c1-17-10-12-21(13-11-17)32-24(18-6-3-2-4-7-18)30-31-26(32)35-16-23(33)29-25-28-22(15-34-25)19-8-5-9-20(27)14-19/h2-15H,16H2,1H3,(H,28,29,33). The molecule has 2 heterocycles. The number of carbonyl (C=O) groups excluding carboxylic acids is 1. The molecular formula is C26H20BrN5OS2. The van der Waals surface area contributed by atoms with Gasteiger partial charge >= 0.3 is 0 Å². The van der Waals surface area contributed by atoms with E-state index >= 15 is 0 Å². The van der Waals surface area contributed by atoms with Crippen LogP contribution in [0.15, 0.2) is 93.9 Å². The molecule has 0 atom stereocenters. The van der Waals surface area contributed by atoms with Gasteiger partial charge in [-0.2, -0.15) is 0 Å². The molecule has 0 spiro atoms. The van der Waals surface area contributed by atoms with Crippen molar-refractivity contribution in [3.8, 4) is 28.3 Å². The number of rotatable bonds is 7. The van der Waals surface area contributed by atoms with E-state index in [-0.39, 0.29) is 11.7 Å². The van der Waals surface area contributed by atoms with E-state index in [1.807, 2.05) is 76.7 Å². The first kappa shape index (κ1) is 23.5. The lowest BCUT2D eigenvalue weighted by Crippen LogP contribution is -2.14. The van der Waals surface area contributed by atoms with Gasteiger partial charge in [0.1, 0.15) is 0 Å². The lowest BCUT2D eigenvalue weighted by Gasteiger charge is -2.10. The molecule has 0 aliphatic heterocycles. The number of nitrogens with zero attached hydrogens (tertiary/aromatic N) is 4. The third kappa shape index (κ3) is 5.53. The molecule has 1 N–H and O–H groups in total. The minimum absolute atomic E-state index is 0.148. The topological polar surface area (TPSA) is 72.7 Å². The zero-order valence-electron chi connectivity index (χ0n) is 18.7. The Morgan fingerprint density at radius 3 is 2.54 bits per heavy atom. The quantitative estimate of drug-likeness (QED) is 0.220. The van der Waals surface area contributed by atoms with Crippen LogP contribution >= 0.6 is 39.0 Å². The first-order valence-corrected chi connectivity index (χ1v) is 13.4. The molecule has 174 valence electrons. The molecule has 9 heteroatoms. The number of thioether (sulfide) groups is 1. The SMILES string of the molecule is Cc1ccc(-n2c(SCC(=O)Nc3nc(-c4cccc(Br)c4)cs3)nnc2-c2ccccc2)cc1. The van der Waals surface area contributed by atoms with Crippen molar-refractivity contribution in [1.82, 2.24) is 19.7 Å². The smallest absolute Gasteiger partial charge is 0.236 e. The molecule has 0 unspecified atom stereocenters. The van der Waals surface area contributed by atoms with Crippen LogP contribution in [0.2, 0.25) is 0 Å². The number of aryl methyl sites for hydroxylation is 1. The molecule has 3 aromatic carbocycles. The van der Waals surface area contributed by atoms with Gasteiger partial charge in [0, 0.05) is 26.7 Å². The first-order chi connectivity index (χ1) is 17.1. The molecule has 0 saturated carbocycles. The Labute approximate surface area is 219 Å². The number of nitrogens with one attached hydrogen (secondary N) is 1. The van der Waals surface area contributed by atoms with Gasteiger partial charge in [0.2, 0.25) is 5.91 Å². The van der Waals surface area contributed by atoms with Crippen LogP contribution in [0.4, 0.5) is 5.13 Å². The third-order valence-corrected chi connectivity index (χ3v) is 7.34. The van der Waals surface area contributed by atoms with Crippen LogP contribution in [0, 0.1) is 6.92 Å². The van der Waals surface area contributed by atoms with Crippen LogP contribution in [0.25, 0.3) is 28.3 Å². The maximum Gasteiger partial charge on any atom is 0.236 e. The van der Waals surface area contributed by atoms with Crippen molar-refractivity contribution < 1.29 is 4.79 Å². The van der Waals surface area contributed by atoms with Crippen LogP contribution in [-0.2, 0) is 4.79 Å². The van der Waals surface area contributed by atoms with Gasteiger partial charge in [0.15, 0.2) is 16.1 Å². The molecule has 0 saturated heterocycles. The fourth-order valence-electron chi connectivity index (χ4n) is 3.46. The number of benzene rings is 3. The summed E-state index contributed by atoms with van der Waals surface area (Å²) in [5.74, 6) is 0.769. The monoisotopic (exact) mass is 561 g/mol. The molecule has 2 aromatic heterocycles. The van der Waals surface area contributed by atoms with Crippen molar-refractivity contribution in [3.63, 3.8) is 0 Å². The highest BCUT2D eigenvalue weighted by Crippen LogP contribution is 2.29. The summed E-state index contributed by atoms with van der Waals surface area (Å²) in [6.07, 6.45) is 0. The van der Waals surface area contributed by atoms with E-state index in [1.165, 1.54) is 28.7 Å². The number of thiazole rings is 1. The van der Waals surface area contributed by atoms with Crippen molar-refractivity contribution in [1.29, 1.82) is 0 Å². The van der Waals surface area contributed by atoms with Crippen LogP contribution in [-0.4, -0.2) is 31.4 Å². The minimum atomic E-state index is -0.148. The average molecular weight is 563 g/mol. The molecule has 5 aromatic rings. The van der Waals surface area contributed by atoms with Gasteiger partial charge in [-0.3, -0.25) is 9.36 Å². The summed E-state index contributed by atoms with van der Waals surface area (Å²) >= 11 is 6.23. The number of hydrogen-bond acceptors (Lipinski definition) is 6. The largest absolute Gasteiger partial charge is 0.301 e. The van der Waals surface area contributed by atoms with E-state index in [1.54, 1.807) is 0 Å². The summed E-state index contributed by atoms with van der Waals surface area (Å²) in [5.41, 5.74) is 4.89. The molecule has 0 bridgehead atoms. The van der Waals surface area contributed by atoms with Crippen molar-refractivity contribution in [2.45, 2.75) is 12.1 Å². The fourth-order valence-corrected chi connectivity index (χ4v) is 5.35. The molecular weight excluding hydrogens is 542 g/mol. The second-order valence-corrected chi connectivity index (χ2v) is 10.4. The maximum atomic E-state index is 12.7. The Bertz CT molecular complexity index is 1460. The number of aromatic nitrogens is 4. The van der Waals surface area contributed by atoms with Gasteiger partial charge in [-0.1, -0.05) is 87.9 Å². The lowest BCUT2D eigenvalue weighted by atomic mass is 10.2. The Morgan fingerprint density at radius 1 is 1.00 bits per heavy atom. The average Bonchev–Trinajstić information content (AvgIpc) is 3.51. The maximum absolute atomic E-state index is 12.7. The zero-order chi connectivity index (χ0) is 24.2. The predicted molar refractivity (Wildman–Crippen MR) is 146 cm³/mol. The van der Waals surface area contributed by atoms with Crippen LogP contribution in [0.1, 0.15) is 5.56 Å². The van der Waals surface area contributed by atoms with E-state index < -0.39 is 0 Å². The van der Waals surface area contributed by atoms with Crippen molar-refractivity contribution in [3.05, 3.63) is 94.3 Å². The van der Waals surface area contributed by atoms with Gasteiger partial charge in [0.25, 0.3) is 0 Å². The fraction of sp³-hybridized carbons (Fsp3) is 0.0769. The zero-order valence-corrected chi connectivity index (χ0v) is 21.9. The summed E-state index contributed by atoms with van der Waals surface area (Å²) in [6, 6.07) is 26.0.